The SMILES string of the molecule is COC1CCc2cnc(C(O)O)n2C1. The van der Waals surface area contributed by atoms with Crippen molar-refractivity contribution in [2.75, 3.05) is 7.11 Å². The lowest BCUT2D eigenvalue weighted by atomic mass is 10.1. The first-order valence-electron chi connectivity index (χ1n) is 4.65. The van der Waals surface area contributed by atoms with Crippen molar-refractivity contribution in [3.63, 3.8) is 0 Å². The molecule has 14 heavy (non-hydrogen) atoms. The Morgan fingerprint density at radius 2 is 2.43 bits per heavy atom. The average molecular weight is 198 g/mol. The van der Waals surface area contributed by atoms with Gasteiger partial charge < -0.3 is 19.5 Å². The number of imidazole rings is 1. The van der Waals surface area contributed by atoms with Gasteiger partial charge in [-0.3, -0.25) is 0 Å². The van der Waals surface area contributed by atoms with Gasteiger partial charge in [0.05, 0.1) is 12.6 Å². The summed E-state index contributed by atoms with van der Waals surface area (Å²) in [5.74, 6) is 0.307. The van der Waals surface area contributed by atoms with E-state index in [1.54, 1.807) is 13.3 Å². The van der Waals surface area contributed by atoms with Gasteiger partial charge in [0.15, 0.2) is 5.82 Å². The van der Waals surface area contributed by atoms with Crippen LogP contribution in [0.3, 0.4) is 0 Å². The van der Waals surface area contributed by atoms with E-state index in [1.807, 2.05) is 4.57 Å². The monoisotopic (exact) mass is 198 g/mol. The first kappa shape index (κ1) is 9.64. The van der Waals surface area contributed by atoms with Crippen LogP contribution in [-0.4, -0.2) is 33.0 Å². The Labute approximate surface area is 82.0 Å². The molecule has 0 saturated heterocycles. The summed E-state index contributed by atoms with van der Waals surface area (Å²) in [6, 6.07) is 0. The number of methoxy groups -OCH3 is 1. The molecule has 0 radical (unpaired) electrons. The molecular formula is C9H14N2O3. The lowest BCUT2D eigenvalue weighted by Crippen LogP contribution is -2.27. The molecule has 78 valence electrons. The van der Waals surface area contributed by atoms with Crippen LogP contribution < -0.4 is 0 Å². The Bertz CT molecular complexity index is 322. The number of rotatable bonds is 2. The Hall–Kier alpha value is -0.910. The number of hydrogen-bond donors (Lipinski definition) is 2. The largest absolute Gasteiger partial charge is 0.380 e. The summed E-state index contributed by atoms with van der Waals surface area (Å²) < 4.78 is 7.06. The standard InChI is InChI=1S/C9H14N2O3/c1-14-7-3-2-6-4-10-8(9(12)13)11(6)5-7/h4,7,9,12-13H,2-3,5H2,1H3. The van der Waals surface area contributed by atoms with Crippen LogP contribution in [0.5, 0.6) is 0 Å². The fourth-order valence-corrected chi connectivity index (χ4v) is 1.84. The van der Waals surface area contributed by atoms with Crippen molar-refractivity contribution in [1.29, 1.82) is 0 Å². The van der Waals surface area contributed by atoms with Crippen LogP contribution in [-0.2, 0) is 17.7 Å². The molecule has 0 aliphatic carbocycles. The number of aliphatic hydroxyl groups excluding tert-OH is 1. The molecule has 0 spiro atoms. The van der Waals surface area contributed by atoms with E-state index in [0.29, 0.717) is 12.4 Å². The maximum Gasteiger partial charge on any atom is 0.212 e. The maximum absolute atomic E-state index is 9.06. The molecule has 1 unspecified atom stereocenters. The molecule has 0 aromatic carbocycles. The minimum absolute atomic E-state index is 0.147. The van der Waals surface area contributed by atoms with Crippen molar-refractivity contribution in [3.05, 3.63) is 17.7 Å². The van der Waals surface area contributed by atoms with Gasteiger partial charge in [-0.25, -0.2) is 4.98 Å². The summed E-state index contributed by atoms with van der Waals surface area (Å²) in [5, 5.41) is 18.1. The summed E-state index contributed by atoms with van der Waals surface area (Å²) in [5.41, 5.74) is 1.04. The molecule has 0 saturated carbocycles. The van der Waals surface area contributed by atoms with Gasteiger partial charge in [0.25, 0.3) is 0 Å². The predicted octanol–water partition coefficient (Wildman–Crippen LogP) is -0.173. The second-order valence-corrected chi connectivity index (χ2v) is 3.49. The van der Waals surface area contributed by atoms with Crippen LogP contribution in [0.25, 0.3) is 0 Å². The van der Waals surface area contributed by atoms with Gasteiger partial charge in [0.2, 0.25) is 6.29 Å². The molecular weight excluding hydrogens is 184 g/mol. The molecule has 5 heteroatoms. The molecule has 1 aromatic heterocycles. The van der Waals surface area contributed by atoms with Crippen molar-refractivity contribution in [2.24, 2.45) is 0 Å². The van der Waals surface area contributed by atoms with Gasteiger partial charge in [-0.05, 0) is 12.8 Å². The second-order valence-electron chi connectivity index (χ2n) is 3.49. The topological polar surface area (TPSA) is 67.5 Å². The van der Waals surface area contributed by atoms with Crippen molar-refractivity contribution < 1.29 is 14.9 Å². The summed E-state index contributed by atoms with van der Waals surface area (Å²) >= 11 is 0. The Kier molecular flexibility index (Phi) is 2.54. The average Bonchev–Trinajstić information content (AvgIpc) is 2.59. The van der Waals surface area contributed by atoms with Gasteiger partial charge in [-0.15, -0.1) is 0 Å². The number of aryl methyl sites for hydroxylation is 1. The molecule has 0 fully saturated rings. The first-order chi connectivity index (χ1) is 6.72. The third kappa shape index (κ3) is 1.54. The molecule has 2 N–H and O–H groups in total. The number of hydrogen-bond acceptors (Lipinski definition) is 4. The van der Waals surface area contributed by atoms with E-state index in [0.717, 1.165) is 18.5 Å². The number of aliphatic hydroxyl groups is 2. The van der Waals surface area contributed by atoms with Gasteiger partial charge in [0, 0.05) is 19.0 Å². The summed E-state index contributed by atoms with van der Waals surface area (Å²) in [4.78, 5) is 3.97. The third-order valence-electron chi connectivity index (χ3n) is 2.64. The van der Waals surface area contributed by atoms with E-state index in [1.165, 1.54) is 0 Å². The normalized spacial score (nSPS) is 21.3. The molecule has 5 nitrogen and oxygen atoms in total. The van der Waals surface area contributed by atoms with Gasteiger partial charge in [0.1, 0.15) is 0 Å². The van der Waals surface area contributed by atoms with E-state index in [2.05, 4.69) is 4.98 Å². The fourth-order valence-electron chi connectivity index (χ4n) is 1.84. The Balaban J connectivity index is 2.28. The van der Waals surface area contributed by atoms with Crippen molar-refractivity contribution in [2.45, 2.75) is 31.8 Å². The van der Waals surface area contributed by atoms with Crippen LogP contribution in [0, 0.1) is 0 Å². The molecule has 0 amide bonds. The van der Waals surface area contributed by atoms with E-state index in [4.69, 9.17) is 14.9 Å². The van der Waals surface area contributed by atoms with Crippen molar-refractivity contribution in [3.8, 4) is 0 Å². The van der Waals surface area contributed by atoms with Crippen LogP contribution in [0.1, 0.15) is 24.2 Å². The maximum atomic E-state index is 9.06. The summed E-state index contributed by atoms with van der Waals surface area (Å²) in [6.45, 7) is 0.652. The lowest BCUT2D eigenvalue weighted by molar-refractivity contribution is -0.0540. The van der Waals surface area contributed by atoms with Crippen LogP contribution in [0.4, 0.5) is 0 Å². The predicted molar refractivity (Wildman–Crippen MR) is 48.5 cm³/mol. The number of aromatic nitrogens is 2. The minimum Gasteiger partial charge on any atom is -0.380 e. The summed E-state index contributed by atoms with van der Waals surface area (Å²) in [6.07, 6.45) is 2.18. The van der Waals surface area contributed by atoms with E-state index >= 15 is 0 Å². The molecule has 1 aromatic rings. The van der Waals surface area contributed by atoms with Crippen LogP contribution >= 0.6 is 0 Å². The first-order valence-corrected chi connectivity index (χ1v) is 4.65. The van der Waals surface area contributed by atoms with Gasteiger partial charge in [-0.2, -0.15) is 0 Å². The quantitative estimate of drug-likeness (QED) is 0.647. The molecule has 1 aliphatic heterocycles. The summed E-state index contributed by atoms with van der Waals surface area (Å²) in [7, 11) is 1.67. The fraction of sp³-hybridized carbons (Fsp3) is 0.667. The van der Waals surface area contributed by atoms with Crippen molar-refractivity contribution >= 4 is 0 Å². The zero-order chi connectivity index (χ0) is 10.1. The third-order valence-corrected chi connectivity index (χ3v) is 2.64. The molecule has 2 rings (SSSR count). The van der Waals surface area contributed by atoms with E-state index in [-0.39, 0.29) is 6.10 Å². The molecule has 2 heterocycles. The van der Waals surface area contributed by atoms with Crippen LogP contribution in [0.15, 0.2) is 6.20 Å². The smallest absolute Gasteiger partial charge is 0.212 e. The molecule has 1 aliphatic rings. The highest BCUT2D eigenvalue weighted by molar-refractivity contribution is 5.09. The number of ether oxygens (including phenoxy) is 1. The van der Waals surface area contributed by atoms with Gasteiger partial charge >= 0.3 is 0 Å². The molecule has 0 bridgehead atoms. The second kappa shape index (κ2) is 3.68. The Morgan fingerprint density at radius 1 is 1.64 bits per heavy atom. The van der Waals surface area contributed by atoms with Crippen LogP contribution in [0.2, 0.25) is 0 Å². The highest BCUT2D eigenvalue weighted by Gasteiger charge is 2.23. The minimum atomic E-state index is -1.50. The highest BCUT2D eigenvalue weighted by atomic mass is 16.5. The Morgan fingerprint density at radius 3 is 3.07 bits per heavy atom. The highest BCUT2D eigenvalue weighted by Crippen LogP contribution is 2.21. The van der Waals surface area contributed by atoms with E-state index in [9.17, 15) is 0 Å². The number of nitrogens with zero attached hydrogens (tertiary/aromatic N) is 2. The number of fused-ring (bicyclic) bond motifs is 1. The lowest BCUT2D eigenvalue weighted by Gasteiger charge is -2.24. The van der Waals surface area contributed by atoms with Crippen molar-refractivity contribution in [1.82, 2.24) is 9.55 Å². The molecule has 1 atom stereocenters. The zero-order valence-electron chi connectivity index (χ0n) is 8.05. The van der Waals surface area contributed by atoms with Gasteiger partial charge in [-0.1, -0.05) is 0 Å². The van der Waals surface area contributed by atoms with E-state index < -0.39 is 6.29 Å². The zero-order valence-corrected chi connectivity index (χ0v) is 8.05.